The van der Waals surface area contributed by atoms with Crippen LogP contribution in [-0.4, -0.2) is 28.6 Å². The van der Waals surface area contributed by atoms with Gasteiger partial charge in [0.05, 0.1) is 11.0 Å². The van der Waals surface area contributed by atoms with E-state index in [9.17, 15) is 20.0 Å². The molecule has 1 aliphatic rings. The van der Waals surface area contributed by atoms with Crippen LogP contribution in [0, 0.1) is 16.0 Å². The summed E-state index contributed by atoms with van der Waals surface area (Å²) < 4.78 is 0.502. The molecule has 0 aromatic heterocycles. The number of carbonyl (C=O) groups is 1. The number of aliphatic hydroxyl groups is 1. The van der Waals surface area contributed by atoms with Gasteiger partial charge >= 0.3 is 0 Å². The molecule has 2 N–H and O–H groups in total. The Hall–Kier alpha value is -1.47. The smallest absolute Gasteiger partial charge is 0.271 e. The molecule has 2 rings (SSSR count). The third kappa shape index (κ3) is 4.50. The zero-order valence-electron chi connectivity index (χ0n) is 11.4. The lowest BCUT2D eigenvalue weighted by molar-refractivity contribution is -0.385. The lowest BCUT2D eigenvalue weighted by Gasteiger charge is -2.25. The van der Waals surface area contributed by atoms with Crippen LogP contribution in [0.25, 0.3) is 0 Å². The van der Waals surface area contributed by atoms with E-state index in [-0.39, 0.29) is 23.3 Å². The molecule has 0 saturated heterocycles. The molecule has 0 atom stereocenters. The van der Waals surface area contributed by atoms with Crippen molar-refractivity contribution in [2.75, 3.05) is 6.54 Å². The summed E-state index contributed by atoms with van der Waals surface area (Å²) in [4.78, 5) is 22.3. The fourth-order valence-corrected chi connectivity index (χ4v) is 2.98. The number of nitrogens with zero attached hydrogens (tertiary/aromatic N) is 1. The van der Waals surface area contributed by atoms with Crippen LogP contribution in [0.3, 0.4) is 0 Å². The van der Waals surface area contributed by atoms with Crippen molar-refractivity contribution in [1.29, 1.82) is 0 Å². The first-order valence-corrected chi connectivity index (χ1v) is 7.66. The summed E-state index contributed by atoms with van der Waals surface area (Å²) in [6.45, 7) is 0.534. The SMILES string of the molecule is O=C(NCC1CCC(O)CC1)c1cc(Br)cc([N+](=O)[O-])c1. The highest BCUT2D eigenvalue weighted by atomic mass is 79.9. The van der Waals surface area contributed by atoms with Crippen LogP contribution in [0.4, 0.5) is 5.69 Å². The second-order valence-electron chi connectivity index (χ2n) is 5.34. The second kappa shape index (κ2) is 7.00. The number of benzene rings is 1. The van der Waals surface area contributed by atoms with Crippen molar-refractivity contribution in [2.24, 2.45) is 5.92 Å². The maximum absolute atomic E-state index is 12.1. The van der Waals surface area contributed by atoms with Gasteiger partial charge in [-0.05, 0) is 37.7 Å². The average Bonchev–Trinajstić information content (AvgIpc) is 2.45. The van der Waals surface area contributed by atoms with Crippen LogP contribution in [0.15, 0.2) is 22.7 Å². The minimum atomic E-state index is -0.524. The van der Waals surface area contributed by atoms with Crippen molar-refractivity contribution < 1.29 is 14.8 Å². The highest BCUT2D eigenvalue weighted by Gasteiger charge is 2.20. The van der Waals surface area contributed by atoms with E-state index >= 15 is 0 Å². The van der Waals surface area contributed by atoms with Crippen LogP contribution >= 0.6 is 15.9 Å². The van der Waals surface area contributed by atoms with E-state index < -0.39 is 4.92 Å². The topological polar surface area (TPSA) is 92.5 Å². The largest absolute Gasteiger partial charge is 0.393 e. The molecule has 1 aromatic rings. The van der Waals surface area contributed by atoms with Crippen molar-refractivity contribution in [1.82, 2.24) is 5.32 Å². The molecule has 0 unspecified atom stereocenters. The number of hydrogen-bond donors (Lipinski definition) is 2. The van der Waals surface area contributed by atoms with Crippen LogP contribution in [0.2, 0.25) is 0 Å². The van der Waals surface area contributed by atoms with Gasteiger partial charge in [0.25, 0.3) is 11.6 Å². The monoisotopic (exact) mass is 356 g/mol. The molecule has 6 nitrogen and oxygen atoms in total. The third-order valence-corrected chi connectivity index (χ3v) is 4.18. The Morgan fingerprint density at radius 2 is 2.00 bits per heavy atom. The number of nitro benzene ring substituents is 1. The highest BCUT2D eigenvalue weighted by molar-refractivity contribution is 9.10. The summed E-state index contributed by atoms with van der Waals surface area (Å²) in [5.41, 5.74) is 0.155. The van der Waals surface area contributed by atoms with Crippen LogP contribution < -0.4 is 5.32 Å². The summed E-state index contributed by atoms with van der Waals surface area (Å²) in [6.07, 6.45) is 3.09. The van der Waals surface area contributed by atoms with Crippen LogP contribution in [0.1, 0.15) is 36.0 Å². The summed E-state index contributed by atoms with van der Waals surface area (Å²) in [6, 6.07) is 4.19. The number of aliphatic hydroxyl groups excluding tert-OH is 1. The summed E-state index contributed by atoms with van der Waals surface area (Å²) >= 11 is 3.17. The van der Waals surface area contributed by atoms with E-state index in [1.165, 1.54) is 12.1 Å². The molecule has 0 heterocycles. The van der Waals surface area contributed by atoms with Gasteiger partial charge in [0.2, 0.25) is 0 Å². The molecule has 0 spiro atoms. The number of rotatable bonds is 4. The van der Waals surface area contributed by atoms with Crippen LogP contribution in [0.5, 0.6) is 0 Å². The first-order chi connectivity index (χ1) is 9.95. The van der Waals surface area contributed by atoms with Gasteiger partial charge in [0.15, 0.2) is 0 Å². The number of hydrogen-bond acceptors (Lipinski definition) is 4. The maximum atomic E-state index is 12.1. The van der Waals surface area contributed by atoms with Gasteiger partial charge in [-0.25, -0.2) is 0 Å². The molecule has 0 aliphatic heterocycles. The summed E-state index contributed by atoms with van der Waals surface area (Å²) in [7, 11) is 0. The molecule has 1 amide bonds. The van der Waals surface area contributed by atoms with Crippen molar-refractivity contribution in [3.63, 3.8) is 0 Å². The highest BCUT2D eigenvalue weighted by Crippen LogP contribution is 2.24. The van der Waals surface area contributed by atoms with Gasteiger partial charge in [0.1, 0.15) is 0 Å². The van der Waals surface area contributed by atoms with Crippen LogP contribution in [-0.2, 0) is 0 Å². The molecule has 1 aromatic carbocycles. The molecule has 21 heavy (non-hydrogen) atoms. The molecule has 0 bridgehead atoms. The van der Waals surface area contributed by atoms with Crippen molar-refractivity contribution in [2.45, 2.75) is 31.8 Å². The molecule has 1 aliphatic carbocycles. The molecule has 1 saturated carbocycles. The minimum absolute atomic E-state index is 0.115. The van der Waals surface area contributed by atoms with E-state index in [0.29, 0.717) is 16.9 Å². The molecule has 7 heteroatoms. The lowest BCUT2D eigenvalue weighted by Crippen LogP contribution is -2.32. The maximum Gasteiger partial charge on any atom is 0.271 e. The predicted octanol–water partition coefficient (Wildman–Crippen LogP) is 2.64. The van der Waals surface area contributed by atoms with Gasteiger partial charge < -0.3 is 10.4 Å². The van der Waals surface area contributed by atoms with Gasteiger partial charge in [0, 0.05) is 28.7 Å². The Bertz CT molecular complexity index is 542. The van der Waals surface area contributed by atoms with E-state index in [1.54, 1.807) is 6.07 Å². The van der Waals surface area contributed by atoms with Gasteiger partial charge in [-0.2, -0.15) is 0 Å². The number of nitrogens with one attached hydrogen (secondary N) is 1. The molecular weight excluding hydrogens is 340 g/mol. The van der Waals surface area contributed by atoms with Crippen molar-refractivity contribution in [3.05, 3.63) is 38.3 Å². The zero-order valence-corrected chi connectivity index (χ0v) is 13.0. The second-order valence-corrected chi connectivity index (χ2v) is 6.26. The number of carbonyl (C=O) groups excluding carboxylic acids is 1. The Morgan fingerprint density at radius 1 is 1.33 bits per heavy atom. The first-order valence-electron chi connectivity index (χ1n) is 6.87. The Balaban J connectivity index is 1.95. The fourth-order valence-electron chi connectivity index (χ4n) is 2.50. The lowest BCUT2D eigenvalue weighted by atomic mass is 9.87. The van der Waals surface area contributed by atoms with E-state index in [2.05, 4.69) is 21.2 Å². The van der Waals surface area contributed by atoms with Gasteiger partial charge in [-0.15, -0.1) is 0 Å². The Kier molecular flexibility index (Phi) is 5.30. The number of halogens is 1. The summed E-state index contributed by atoms with van der Waals surface area (Å²) in [5, 5.41) is 23.0. The number of nitro groups is 1. The Morgan fingerprint density at radius 3 is 2.62 bits per heavy atom. The molecule has 0 radical (unpaired) electrons. The third-order valence-electron chi connectivity index (χ3n) is 3.72. The fraction of sp³-hybridized carbons (Fsp3) is 0.500. The van der Waals surface area contributed by atoms with Crippen molar-refractivity contribution in [3.8, 4) is 0 Å². The quantitative estimate of drug-likeness (QED) is 0.640. The zero-order chi connectivity index (χ0) is 15.4. The summed E-state index contributed by atoms with van der Waals surface area (Å²) in [5.74, 6) is 0.0463. The van der Waals surface area contributed by atoms with E-state index in [1.807, 2.05) is 0 Å². The minimum Gasteiger partial charge on any atom is -0.393 e. The number of non-ortho nitro benzene ring substituents is 1. The van der Waals surface area contributed by atoms with Gasteiger partial charge in [-0.1, -0.05) is 15.9 Å². The van der Waals surface area contributed by atoms with Gasteiger partial charge in [-0.3, -0.25) is 14.9 Å². The molecular formula is C14H17BrN2O4. The predicted molar refractivity (Wildman–Crippen MR) is 81.1 cm³/mol. The standard InChI is InChI=1S/C14H17BrN2O4/c15-11-5-10(6-12(7-11)17(20)21)14(19)16-8-9-1-3-13(18)4-2-9/h5-7,9,13,18H,1-4,8H2,(H,16,19). The molecule has 114 valence electrons. The average molecular weight is 357 g/mol. The Labute approximate surface area is 130 Å². The van der Waals surface area contributed by atoms with Crippen molar-refractivity contribution >= 4 is 27.5 Å². The van der Waals surface area contributed by atoms with E-state index in [4.69, 9.17) is 0 Å². The normalized spacial score (nSPS) is 21.8. The molecule has 1 fully saturated rings. The van der Waals surface area contributed by atoms with E-state index in [0.717, 1.165) is 25.7 Å². The number of amides is 1. The first kappa shape index (κ1) is 15.9.